The Balaban J connectivity index is 1.43. The summed E-state index contributed by atoms with van der Waals surface area (Å²) in [6.45, 7) is 0. The fourth-order valence-corrected chi connectivity index (χ4v) is 4.90. The molecule has 0 aliphatic heterocycles. The average Bonchev–Trinajstić information content (AvgIpc) is 2.99. The van der Waals surface area contributed by atoms with E-state index in [0.29, 0.717) is 13.4 Å². The third-order valence-corrected chi connectivity index (χ3v) is 6.72. The topological polar surface area (TPSA) is 32.7 Å². The molecule has 0 bridgehead atoms. The predicted molar refractivity (Wildman–Crippen MR) is 158 cm³/mol. The van der Waals surface area contributed by atoms with Crippen molar-refractivity contribution in [3.63, 3.8) is 0 Å². The van der Waals surface area contributed by atoms with Crippen molar-refractivity contribution < 1.29 is 9.68 Å². The quantitative estimate of drug-likeness (QED) is 0.228. The van der Waals surface area contributed by atoms with Crippen LogP contribution in [0.5, 0.6) is 5.75 Å². The summed E-state index contributed by atoms with van der Waals surface area (Å²) >= 11 is 0. The lowest BCUT2D eigenvalue weighted by molar-refractivity contribution is 0.454. The summed E-state index contributed by atoms with van der Waals surface area (Å²) in [7, 11) is 0.697. The lowest BCUT2D eigenvalue weighted by atomic mass is 9.98. The van der Waals surface area contributed by atoms with Crippen LogP contribution in [-0.2, 0) is 0 Å². The molecule has 3 nitrogen and oxygen atoms in total. The van der Waals surface area contributed by atoms with Gasteiger partial charge in [-0.1, -0.05) is 97.1 Å². The van der Waals surface area contributed by atoms with Gasteiger partial charge in [0.05, 0.1) is 0 Å². The summed E-state index contributed by atoms with van der Waals surface area (Å²) in [5.41, 5.74) is 7.78. The Morgan fingerprint density at radius 3 is 1.89 bits per heavy atom. The maximum Gasteiger partial charge on any atom is 0.569 e. The van der Waals surface area contributed by atoms with Gasteiger partial charge in [0.2, 0.25) is 0 Å². The fourth-order valence-electron chi connectivity index (χ4n) is 4.90. The van der Waals surface area contributed by atoms with Crippen molar-refractivity contribution in [2.75, 3.05) is 4.90 Å². The highest BCUT2D eigenvalue weighted by Gasteiger charge is 2.14. The highest BCUT2D eigenvalue weighted by molar-refractivity contribution is 6.17. The number of anilines is 3. The molecular weight excluding hydrogens is 465 g/mol. The Labute approximate surface area is 223 Å². The molecule has 0 heterocycles. The van der Waals surface area contributed by atoms with Crippen molar-refractivity contribution in [3.05, 3.63) is 146 Å². The molecule has 0 fully saturated rings. The number of benzene rings is 6. The fraction of sp³-hybridized carbons (Fsp3) is 0. The van der Waals surface area contributed by atoms with Crippen LogP contribution in [0.2, 0.25) is 0 Å². The van der Waals surface area contributed by atoms with Gasteiger partial charge >= 0.3 is 7.69 Å². The molecule has 0 amide bonds. The maximum absolute atomic E-state index is 9.02. The summed E-state index contributed by atoms with van der Waals surface area (Å²) in [5, 5.41) is 11.5. The van der Waals surface area contributed by atoms with Crippen LogP contribution >= 0.6 is 0 Å². The smallest absolute Gasteiger partial charge is 0.537 e. The first kappa shape index (κ1) is 23.6. The summed E-state index contributed by atoms with van der Waals surface area (Å²) in [6, 6.07) is 50.3. The Morgan fingerprint density at radius 1 is 0.500 bits per heavy atom. The van der Waals surface area contributed by atoms with Crippen LogP contribution in [0.15, 0.2) is 146 Å². The van der Waals surface area contributed by atoms with Crippen molar-refractivity contribution in [2.45, 2.75) is 0 Å². The van der Waals surface area contributed by atoms with E-state index in [2.05, 4.69) is 120 Å². The Kier molecular flexibility index (Phi) is 6.63. The zero-order valence-corrected chi connectivity index (χ0v) is 20.7. The van der Waals surface area contributed by atoms with Crippen LogP contribution in [0.3, 0.4) is 0 Å². The van der Waals surface area contributed by atoms with Gasteiger partial charge in [-0.25, -0.2) is 0 Å². The van der Waals surface area contributed by atoms with E-state index in [4.69, 9.17) is 9.68 Å². The zero-order valence-electron chi connectivity index (χ0n) is 20.7. The maximum atomic E-state index is 9.02. The van der Waals surface area contributed by atoms with Crippen molar-refractivity contribution >= 4 is 35.5 Å². The normalized spacial score (nSPS) is 10.8. The minimum atomic E-state index is 0.570. The van der Waals surface area contributed by atoms with Gasteiger partial charge in [0.1, 0.15) is 5.75 Å². The molecule has 1 N–H and O–H groups in total. The van der Waals surface area contributed by atoms with E-state index in [1.165, 1.54) is 27.5 Å². The molecule has 6 aromatic rings. The van der Waals surface area contributed by atoms with Crippen LogP contribution in [-0.4, -0.2) is 12.7 Å². The molecule has 0 saturated carbocycles. The highest BCUT2D eigenvalue weighted by atomic mass is 16.5. The Morgan fingerprint density at radius 2 is 1.13 bits per heavy atom. The lowest BCUT2D eigenvalue weighted by Gasteiger charge is -2.26. The molecule has 0 aromatic heterocycles. The zero-order chi connectivity index (χ0) is 25.7. The standard InChI is InChI=1S/C34H25BNO2/c37-35-38-32-22-20-30(21-23-32)36(31-13-6-12-28(24-31)25-8-2-1-3-9-25)29-18-16-27(17-19-29)34-15-7-11-26-10-4-5-14-33(26)34/h1-24,37H. The lowest BCUT2D eigenvalue weighted by Crippen LogP contribution is -2.10. The third kappa shape index (κ3) is 4.78. The largest absolute Gasteiger partial charge is 0.569 e. The molecule has 0 saturated heterocycles. The van der Waals surface area contributed by atoms with Crippen LogP contribution in [0.25, 0.3) is 33.0 Å². The molecule has 1 radical (unpaired) electrons. The summed E-state index contributed by atoms with van der Waals surface area (Å²) in [6.07, 6.45) is 0. The molecular formula is C34H25BNO2. The molecule has 6 aromatic carbocycles. The molecule has 0 aliphatic carbocycles. The van der Waals surface area contributed by atoms with Gasteiger partial charge in [0, 0.05) is 17.1 Å². The number of nitrogens with zero attached hydrogens (tertiary/aromatic N) is 1. The van der Waals surface area contributed by atoms with E-state index in [1.807, 2.05) is 30.3 Å². The second-order valence-corrected chi connectivity index (χ2v) is 9.04. The first-order valence-corrected chi connectivity index (χ1v) is 12.6. The van der Waals surface area contributed by atoms with Crippen molar-refractivity contribution in [2.24, 2.45) is 0 Å². The summed E-state index contributed by atoms with van der Waals surface area (Å²) in [5.74, 6) is 0.570. The van der Waals surface area contributed by atoms with E-state index in [-0.39, 0.29) is 0 Å². The Bertz CT molecular complexity index is 1660. The van der Waals surface area contributed by atoms with Gasteiger partial charge < -0.3 is 14.6 Å². The van der Waals surface area contributed by atoms with E-state index >= 15 is 0 Å². The Hall–Kier alpha value is -4.80. The van der Waals surface area contributed by atoms with E-state index in [1.54, 1.807) is 0 Å². The first-order valence-electron chi connectivity index (χ1n) is 12.6. The van der Waals surface area contributed by atoms with Crippen LogP contribution in [0.4, 0.5) is 17.1 Å². The van der Waals surface area contributed by atoms with Crippen molar-refractivity contribution in [1.29, 1.82) is 0 Å². The van der Waals surface area contributed by atoms with E-state index in [0.717, 1.165) is 22.6 Å². The first-order chi connectivity index (χ1) is 18.8. The number of hydrogen-bond acceptors (Lipinski definition) is 3. The van der Waals surface area contributed by atoms with Gasteiger partial charge in [-0.2, -0.15) is 0 Å². The van der Waals surface area contributed by atoms with Gasteiger partial charge in [0.25, 0.3) is 0 Å². The highest BCUT2D eigenvalue weighted by Crippen LogP contribution is 2.38. The predicted octanol–water partition coefficient (Wildman–Crippen LogP) is 8.55. The number of rotatable bonds is 7. The van der Waals surface area contributed by atoms with Gasteiger partial charge in [-0.3, -0.25) is 0 Å². The molecule has 38 heavy (non-hydrogen) atoms. The van der Waals surface area contributed by atoms with Crippen LogP contribution in [0.1, 0.15) is 0 Å². The molecule has 181 valence electrons. The average molecular weight is 490 g/mol. The number of fused-ring (bicyclic) bond motifs is 1. The summed E-state index contributed by atoms with van der Waals surface area (Å²) in [4.78, 5) is 2.23. The molecule has 4 heteroatoms. The van der Waals surface area contributed by atoms with E-state index in [9.17, 15) is 0 Å². The van der Waals surface area contributed by atoms with Gasteiger partial charge in [-0.15, -0.1) is 0 Å². The van der Waals surface area contributed by atoms with Crippen molar-refractivity contribution in [1.82, 2.24) is 0 Å². The SMILES string of the molecule is O[B]Oc1ccc(N(c2ccc(-c3cccc4ccccc34)cc2)c2cccc(-c3ccccc3)c2)cc1. The summed E-state index contributed by atoms with van der Waals surface area (Å²) < 4.78 is 5.14. The second-order valence-electron chi connectivity index (χ2n) is 9.04. The minimum absolute atomic E-state index is 0.570. The molecule has 0 aliphatic rings. The molecule has 0 unspecified atom stereocenters. The van der Waals surface area contributed by atoms with Crippen molar-refractivity contribution in [3.8, 4) is 28.0 Å². The minimum Gasteiger partial charge on any atom is -0.537 e. The monoisotopic (exact) mass is 490 g/mol. The molecule has 6 rings (SSSR count). The van der Waals surface area contributed by atoms with E-state index < -0.39 is 0 Å². The third-order valence-electron chi connectivity index (χ3n) is 6.72. The molecule has 0 spiro atoms. The van der Waals surface area contributed by atoms with Crippen LogP contribution < -0.4 is 9.55 Å². The van der Waals surface area contributed by atoms with Gasteiger partial charge in [0.15, 0.2) is 0 Å². The molecule has 0 atom stereocenters. The van der Waals surface area contributed by atoms with Gasteiger partial charge in [-0.05, 0) is 81.6 Å². The second kappa shape index (κ2) is 10.7. The number of hydrogen-bond donors (Lipinski definition) is 1. The van der Waals surface area contributed by atoms with Crippen LogP contribution in [0, 0.1) is 0 Å².